The fraction of sp³-hybridized carbons (Fsp3) is 0.400. The minimum absolute atomic E-state index is 0.157. The third kappa shape index (κ3) is 3.88. The van der Waals surface area contributed by atoms with Crippen molar-refractivity contribution >= 4 is 11.0 Å². The number of ether oxygens (including phenoxy) is 2. The van der Waals surface area contributed by atoms with E-state index >= 15 is 0 Å². The number of piperidine rings is 1. The number of pyridine rings is 1. The summed E-state index contributed by atoms with van der Waals surface area (Å²) in [6.07, 6.45) is 3.83. The smallest absolute Gasteiger partial charge is 0.246 e. The molecule has 3 aromatic rings. The monoisotopic (exact) mass is 370 g/mol. The Morgan fingerprint density at radius 2 is 2.00 bits per heavy atom. The molecule has 1 N–H and O–H groups in total. The first kappa shape index (κ1) is 17.7. The Bertz CT molecular complexity index is 906. The van der Waals surface area contributed by atoms with E-state index in [-0.39, 0.29) is 5.75 Å². The number of likely N-dealkylation sites (tertiary alicyclic amines) is 1. The standard InChI is InChI=1S/C20H23FN4O2/c1-2-25-11-8-14(9-12-25)13-26-20-18-17(7-10-22-19(18)23-24-20)27-16-6-4-3-5-15(16)21/h3-7,10,14H,2,8-9,11-13H2,1H3,(H,22,23,24). The number of rotatable bonds is 6. The zero-order valence-electron chi connectivity index (χ0n) is 15.3. The number of fused-ring (bicyclic) bond motifs is 1. The highest BCUT2D eigenvalue weighted by atomic mass is 19.1. The summed E-state index contributed by atoms with van der Waals surface area (Å²) in [6.45, 7) is 6.10. The SMILES string of the molecule is CCN1CCC(COc2n[nH]c3nccc(Oc4ccccc4F)c23)CC1. The van der Waals surface area contributed by atoms with Crippen LogP contribution in [0.5, 0.6) is 17.4 Å². The predicted octanol–water partition coefficient (Wildman–Crippen LogP) is 4.00. The molecule has 3 heterocycles. The van der Waals surface area contributed by atoms with Gasteiger partial charge >= 0.3 is 0 Å². The molecule has 0 atom stereocenters. The lowest BCUT2D eigenvalue weighted by atomic mass is 9.98. The molecule has 1 saturated heterocycles. The van der Waals surface area contributed by atoms with Crippen molar-refractivity contribution in [2.45, 2.75) is 19.8 Å². The van der Waals surface area contributed by atoms with E-state index in [9.17, 15) is 4.39 Å². The molecule has 2 aromatic heterocycles. The van der Waals surface area contributed by atoms with Gasteiger partial charge in [-0.1, -0.05) is 19.1 Å². The molecule has 0 spiro atoms. The molecule has 1 aliphatic rings. The zero-order chi connectivity index (χ0) is 18.6. The summed E-state index contributed by atoms with van der Waals surface area (Å²) in [5.41, 5.74) is 0.555. The Balaban J connectivity index is 1.51. The van der Waals surface area contributed by atoms with Crippen LogP contribution < -0.4 is 9.47 Å². The van der Waals surface area contributed by atoms with Crippen molar-refractivity contribution in [3.05, 3.63) is 42.3 Å². The minimum atomic E-state index is -0.420. The Kier molecular flexibility index (Phi) is 5.20. The van der Waals surface area contributed by atoms with Gasteiger partial charge in [0.05, 0.1) is 6.61 Å². The molecule has 142 valence electrons. The highest BCUT2D eigenvalue weighted by molar-refractivity contribution is 5.87. The van der Waals surface area contributed by atoms with Crippen LogP contribution in [0.15, 0.2) is 36.5 Å². The first-order valence-electron chi connectivity index (χ1n) is 9.35. The molecular weight excluding hydrogens is 347 g/mol. The van der Waals surface area contributed by atoms with Crippen molar-refractivity contribution in [2.75, 3.05) is 26.2 Å². The maximum atomic E-state index is 14.0. The molecule has 4 rings (SSSR count). The van der Waals surface area contributed by atoms with Gasteiger partial charge in [-0.3, -0.25) is 5.10 Å². The Morgan fingerprint density at radius 1 is 1.19 bits per heavy atom. The summed E-state index contributed by atoms with van der Waals surface area (Å²) in [5, 5.41) is 7.74. The fourth-order valence-corrected chi connectivity index (χ4v) is 3.40. The third-order valence-corrected chi connectivity index (χ3v) is 5.06. The van der Waals surface area contributed by atoms with E-state index in [1.54, 1.807) is 30.5 Å². The molecule has 0 radical (unpaired) electrons. The highest BCUT2D eigenvalue weighted by Gasteiger charge is 2.21. The number of nitrogens with zero attached hydrogens (tertiary/aromatic N) is 3. The fourth-order valence-electron chi connectivity index (χ4n) is 3.40. The van der Waals surface area contributed by atoms with E-state index in [0.717, 1.165) is 32.5 Å². The predicted molar refractivity (Wildman–Crippen MR) is 101 cm³/mol. The number of aromatic nitrogens is 3. The summed E-state index contributed by atoms with van der Waals surface area (Å²) < 4.78 is 25.7. The Hall–Kier alpha value is -2.67. The maximum Gasteiger partial charge on any atom is 0.246 e. The molecule has 0 aliphatic carbocycles. The maximum absolute atomic E-state index is 14.0. The third-order valence-electron chi connectivity index (χ3n) is 5.06. The highest BCUT2D eigenvalue weighted by Crippen LogP contribution is 2.35. The van der Waals surface area contributed by atoms with Crippen molar-refractivity contribution < 1.29 is 13.9 Å². The largest absolute Gasteiger partial charge is 0.476 e. The van der Waals surface area contributed by atoms with Crippen molar-refractivity contribution in [1.82, 2.24) is 20.1 Å². The molecule has 0 bridgehead atoms. The topological polar surface area (TPSA) is 63.3 Å². The van der Waals surface area contributed by atoms with Gasteiger partial charge in [0.25, 0.3) is 0 Å². The second-order valence-electron chi connectivity index (χ2n) is 6.78. The van der Waals surface area contributed by atoms with Gasteiger partial charge in [-0.2, -0.15) is 0 Å². The van der Waals surface area contributed by atoms with Gasteiger partial charge in [0.2, 0.25) is 5.88 Å². The molecule has 1 fully saturated rings. The number of hydrogen-bond acceptors (Lipinski definition) is 5. The van der Waals surface area contributed by atoms with Crippen LogP contribution in [-0.2, 0) is 0 Å². The minimum Gasteiger partial charge on any atom is -0.476 e. The molecule has 0 unspecified atom stereocenters. The molecule has 0 amide bonds. The van der Waals surface area contributed by atoms with Gasteiger partial charge in [0, 0.05) is 12.3 Å². The second-order valence-corrected chi connectivity index (χ2v) is 6.78. The lowest BCUT2D eigenvalue weighted by Gasteiger charge is -2.30. The summed E-state index contributed by atoms with van der Waals surface area (Å²) >= 11 is 0. The van der Waals surface area contributed by atoms with E-state index in [0.29, 0.717) is 35.2 Å². The van der Waals surface area contributed by atoms with Gasteiger partial charge in [-0.05, 0) is 50.5 Å². The van der Waals surface area contributed by atoms with E-state index in [1.165, 1.54) is 6.07 Å². The van der Waals surface area contributed by atoms with Gasteiger partial charge in [0.1, 0.15) is 11.1 Å². The molecule has 27 heavy (non-hydrogen) atoms. The molecular formula is C20H23FN4O2. The number of para-hydroxylation sites is 1. The molecule has 6 nitrogen and oxygen atoms in total. The van der Waals surface area contributed by atoms with Crippen LogP contribution in [0.1, 0.15) is 19.8 Å². The van der Waals surface area contributed by atoms with Gasteiger partial charge in [0.15, 0.2) is 17.2 Å². The average Bonchev–Trinajstić information content (AvgIpc) is 3.13. The van der Waals surface area contributed by atoms with E-state index < -0.39 is 5.82 Å². The van der Waals surface area contributed by atoms with Crippen molar-refractivity contribution in [3.8, 4) is 17.4 Å². The van der Waals surface area contributed by atoms with E-state index in [1.807, 2.05) is 0 Å². The van der Waals surface area contributed by atoms with Gasteiger partial charge in [-0.15, -0.1) is 5.10 Å². The number of H-pyrrole nitrogens is 1. The molecule has 1 aliphatic heterocycles. The lowest BCUT2D eigenvalue weighted by Crippen LogP contribution is -2.35. The Morgan fingerprint density at radius 3 is 2.78 bits per heavy atom. The van der Waals surface area contributed by atoms with Crippen LogP contribution in [0.2, 0.25) is 0 Å². The van der Waals surface area contributed by atoms with Crippen LogP contribution in [0, 0.1) is 11.7 Å². The zero-order valence-corrected chi connectivity index (χ0v) is 15.3. The summed E-state index contributed by atoms with van der Waals surface area (Å²) in [4.78, 5) is 6.71. The molecule has 0 saturated carbocycles. The number of benzene rings is 1. The van der Waals surface area contributed by atoms with E-state index in [2.05, 4.69) is 27.0 Å². The van der Waals surface area contributed by atoms with Crippen LogP contribution in [-0.4, -0.2) is 46.3 Å². The van der Waals surface area contributed by atoms with Crippen LogP contribution in [0.3, 0.4) is 0 Å². The van der Waals surface area contributed by atoms with Crippen molar-refractivity contribution in [2.24, 2.45) is 5.92 Å². The van der Waals surface area contributed by atoms with Crippen molar-refractivity contribution in [3.63, 3.8) is 0 Å². The summed E-state index contributed by atoms with van der Waals surface area (Å²) in [5.74, 6) is 1.16. The van der Waals surface area contributed by atoms with Crippen LogP contribution in [0.4, 0.5) is 4.39 Å². The van der Waals surface area contributed by atoms with Gasteiger partial charge < -0.3 is 14.4 Å². The Labute approximate surface area is 157 Å². The number of halogens is 1. The number of aromatic amines is 1. The van der Waals surface area contributed by atoms with Crippen LogP contribution in [0.25, 0.3) is 11.0 Å². The molecule has 7 heteroatoms. The van der Waals surface area contributed by atoms with E-state index in [4.69, 9.17) is 9.47 Å². The second kappa shape index (κ2) is 7.92. The first-order chi connectivity index (χ1) is 13.2. The first-order valence-corrected chi connectivity index (χ1v) is 9.35. The summed E-state index contributed by atoms with van der Waals surface area (Å²) in [6, 6.07) is 8.00. The number of nitrogens with one attached hydrogen (secondary N) is 1. The molecule has 1 aromatic carbocycles. The quantitative estimate of drug-likeness (QED) is 0.711. The van der Waals surface area contributed by atoms with Crippen molar-refractivity contribution in [1.29, 1.82) is 0 Å². The van der Waals surface area contributed by atoms with Gasteiger partial charge in [-0.25, -0.2) is 9.37 Å². The lowest BCUT2D eigenvalue weighted by molar-refractivity contribution is 0.144. The number of hydrogen-bond donors (Lipinski definition) is 1. The van der Waals surface area contributed by atoms with Crippen LogP contribution >= 0.6 is 0 Å². The summed E-state index contributed by atoms with van der Waals surface area (Å²) in [7, 11) is 0. The average molecular weight is 370 g/mol. The normalized spacial score (nSPS) is 15.9.